The lowest BCUT2D eigenvalue weighted by atomic mass is 10.1. The van der Waals surface area contributed by atoms with Crippen LogP contribution in [0.4, 0.5) is 5.69 Å². The molecule has 120 valence electrons. The van der Waals surface area contributed by atoms with E-state index in [-0.39, 0.29) is 11.8 Å². The van der Waals surface area contributed by atoms with Crippen molar-refractivity contribution < 1.29 is 9.59 Å². The van der Waals surface area contributed by atoms with Crippen LogP contribution in [-0.2, 0) is 6.54 Å². The van der Waals surface area contributed by atoms with Gasteiger partial charge in [-0.15, -0.1) is 11.3 Å². The molecule has 3 aromatic rings. The average Bonchev–Trinajstić information content (AvgIpc) is 3.16. The Labute approximate surface area is 143 Å². The van der Waals surface area contributed by atoms with Gasteiger partial charge in [0.15, 0.2) is 0 Å². The first-order chi connectivity index (χ1) is 11.7. The van der Waals surface area contributed by atoms with E-state index in [4.69, 9.17) is 0 Å². The molecule has 24 heavy (non-hydrogen) atoms. The molecular formula is C18H15N3O2S. The summed E-state index contributed by atoms with van der Waals surface area (Å²) in [6, 6.07) is 14.4. The molecule has 0 saturated carbocycles. The fourth-order valence-corrected chi connectivity index (χ4v) is 2.78. The lowest BCUT2D eigenvalue weighted by Gasteiger charge is -2.11. The van der Waals surface area contributed by atoms with Crippen LogP contribution in [-0.4, -0.2) is 16.8 Å². The molecule has 6 heteroatoms. The van der Waals surface area contributed by atoms with E-state index in [1.54, 1.807) is 24.4 Å². The van der Waals surface area contributed by atoms with Gasteiger partial charge in [-0.25, -0.2) is 0 Å². The quantitative estimate of drug-likeness (QED) is 0.750. The molecule has 0 radical (unpaired) electrons. The number of nitrogens with one attached hydrogen (secondary N) is 2. The van der Waals surface area contributed by atoms with Crippen molar-refractivity contribution in [2.45, 2.75) is 6.54 Å². The molecule has 0 fully saturated rings. The third-order valence-corrected chi connectivity index (χ3v) is 4.24. The standard InChI is InChI=1S/C18H15N3O2S/c22-17(14-6-3-9-19-11-14)20-12-13-5-1-2-7-15(13)21-18(23)16-8-4-10-24-16/h1-11H,12H2,(H,20,22)(H,21,23). The molecule has 2 aromatic heterocycles. The predicted molar refractivity (Wildman–Crippen MR) is 94.1 cm³/mol. The number of benzene rings is 1. The van der Waals surface area contributed by atoms with Crippen LogP contribution >= 0.6 is 11.3 Å². The van der Waals surface area contributed by atoms with Gasteiger partial charge in [0.2, 0.25) is 0 Å². The Balaban J connectivity index is 1.68. The maximum Gasteiger partial charge on any atom is 0.265 e. The molecule has 0 aliphatic rings. The van der Waals surface area contributed by atoms with Crippen LogP contribution in [0.3, 0.4) is 0 Å². The first-order valence-electron chi connectivity index (χ1n) is 7.35. The lowest BCUT2D eigenvalue weighted by Crippen LogP contribution is -2.24. The fraction of sp³-hybridized carbons (Fsp3) is 0.0556. The van der Waals surface area contributed by atoms with Crippen molar-refractivity contribution in [2.24, 2.45) is 0 Å². The molecule has 3 rings (SSSR count). The molecule has 2 N–H and O–H groups in total. The van der Waals surface area contributed by atoms with Crippen LogP contribution in [0.1, 0.15) is 25.6 Å². The number of carbonyl (C=O) groups excluding carboxylic acids is 2. The summed E-state index contributed by atoms with van der Waals surface area (Å²) in [4.78, 5) is 28.9. The van der Waals surface area contributed by atoms with Crippen LogP contribution in [0, 0.1) is 0 Å². The van der Waals surface area contributed by atoms with E-state index in [9.17, 15) is 9.59 Å². The smallest absolute Gasteiger partial charge is 0.265 e. The zero-order valence-electron chi connectivity index (χ0n) is 12.7. The summed E-state index contributed by atoms with van der Waals surface area (Å²) in [5.74, 6) is -0.362. The molecule has 1 aromatic carbocycles. The highest BCUT2D eigenvalue weighted by molar-refractivity contribution is 7.12. The molecule has 0 aliphatic carbocycles. The third kappa shape index (κ3) is 3.85. The molecule has 2 heterocycles. The van der Waals surface area contributed by atoms with Crippen LogP contribution < -0.4 is 10.6 Å². The summed E-state index contributed by atoms with van der Waals surface area (Å²) in [6.07, 6.45) is 3.13. The van der Waals surface area contributed by atoms with Crippen molar-refractivity contribution in [3.63, 3.8) is 0 Å². The first kappa shape index (κ1) is 15.9. The van der Waals surface area contributed by atoms with E-state index in [0.717, 1.165) is 5.56 Å². The van der Waals surface area contributed by atoms with Crippen molar-refractivity contribution in [3.8, 4) is 0 Å². The van der Waals surface area contributed by atoms with Gasteiger partial charge in [-0.3, -0.25) is 14.6 Å². The number of para-hydroxylation sites is 1. The number of nitrogens with zero attached hydrogens (tertiary/aromatic N) is 1. The summed E-state index contributed by atoms with van der Waals surface area (Å²) >= 11 is 1.38. The summed E-state index contributed by atoms with van der Waals surface area (Å²) in [5, 5.41) is 7.58. The summed E-state index contributed by atoms with van der Waals surface area (Å²) in [5.41, 5.74) is 2.01. The van der Waals surface area contributed by atoms with E-state index in [2.05, 4.69) is 15.6 Å². The molecule has 0 spiro atoms. The van der Waals surface area contributed by atoms with Crippen molar-refractivity contribution in [3.05, 3.63) is 82.3 Å². The van der Waals surface area contributed by atoms with E-state index in [1.165, 1.54) is 17.5 Å². The summed E-state index contributed by atoms with van der Waals surface area (Å²) < 4.78 is 0. The Morgan fingerprint density at radius 1 is 1.00 bits per heavy atom. The number of aromatic nitrogens is 1. The summed E-state index contributed by atoms with van der Waals surface area (Å²) in [6.45, 7) is 0.314. The largest absolute Gasteiger partial charge is 0.348 e. The molecular weight excluding hydrogens is 322 g/mol. The Hall–Kier alpha value is -2.99. The predicted octanol–water partition coefficient (Wildman–Crippen LogP) is 3.33. The number of rotatable bonds is 5. The topological polar surface area (TPSA) is 71.1 Å². The third-order valence-electron chi connectivity index (χ3n) is 3.37. The monoisotopic (exact) mass is 337 g/mol. The van der Waals surface area contributed by atoms with E-state index < -0.39 is 0 Å². The van der Waals surface area contributed by atoms with Crippen molar-refractivity contribution in [1.82, 2.24) is 10.3 Å². The molecule has 2 amide bonds. The highest BCUT2D eigenvalue weighted by atomic mass is 32.1. The minimum absolute atomic E-state index is 0.156. The van der Waals surface area contributed by atoms with Gasteiger partial charge in [-0.1, -0.05) is 24.3 Å². The van der Waals surface area contributed by atoms with Gasteiger partial charge in [-0.2, -0.15) is 0 Å². The van der Waals surface area contributed by atoms with Crippen LogP contribution in [0.2, 0.25) is 0 Å². The van der Waals surface area contributed by atoms with Gasteiger partial charge >= 0.3 is 0 Å². The van der Waals surface area contributed by atoms with Gasteiger partial charge in [0.05, 0.1) is 10.4 Å². The van der Waals surface area contributed by atoms with Crippen molar-refractivity contribution in [1.29, 1.82) is 0 Å². The first-order valence-corrected chi connectivity index (χ1v) is 8.23. The Bertz CT molecular complexity index is 832. The maximum atomic E-state index is 12.2. The van der Waals surface area contributed by atoms with Gasteiger partial charge in [-0.05, 0) is 35.2 Å². The van der Waals surface area contributed by atoms with Gasteiger partial charge in [0.25, 0.3) is 11.8 Å². The number of thiophene rings is 1. The zero-order valence-corrected chi connectivity index (χ0v) is 13.5. The number of pyridine rings is 1. The second-order valence-electron chi connectivity index (χ2n) is 5.01. The SMILES string of the molecule is O=C(NCc1ccccc1NC(=O)c1cccs1)c1cccnc1. The molecule has 0 bridgehead atoms. The van der Waals surface area contributed by atoms with Crippen molar-refractivity contribution >= 4 is 28.8 Å². The van der Waals surface area contributed by atoms with Crippen LogP contribution in [0.25, 0.3) is 0 Å². The number of hydrogen-bond acceptors (Lipinski definition) is 4. The van der Waals surface area contributed by atoms with E-state index >= 15 is 0 Å². The fourth-order valence-electron chi connectivity index (χ4n) is 2.16. The lowest BCUT2D eigenvalue weighted by molar-refractivity contribution is 0.0950. The Morgan fingerprint density at radius 2 is 1.88 bits per heavy atom. The minimum atomic E-state index is -0.206. The normalized spacial score (nSPS) is 10.2. The van der Waals surface area contributed by atoms with Crippen LogP contribution in [0.15, 0.2) is 66.3 Å². The highest BCUT2D eigenvalue weighted by Gasteiger charge is 2.11. The number of hydrogen-bond donors (Lipinski definition) is 2. The number of anilines is 1. The molecule has 5 nitrogen and oxygen atoms in total. The molecule has 0 atom stereocenters. The number of carbonyl (C=O) groups is 2. The molecule has 0 aliphatic heterocycles. The van der Waals surface area contributed by atoms with Gasteiger partial charge in [0.1, 0.15) is 0 Å². The maximum absolute atomic E-state index is 12.2. The second kappa shape index (κ2) is 7.52. The van der Waals surface area contributed by atoms with Crippen molar-refractivity contribution in [2.75, 3.05) is 5.32 Å². The number of amides is 2. The Kier molecular flexibility index (Phi) is 4.98. The van der Waals surface area contributed by atoms with Gasteiger partial charge in [0, 0.05) is 24.6 Å². The Morgan fingerprint density at radius 3 is 2.62 bits per heavy atom. The summed E-state index contributed by atoms with van der Waals surface area (Å²) in [7, 11) is 0. The highest BCUT2D eigenvalue weighted by Crippen LogP contribution is 2.18. The molecule has 0 saturated heterocycles. The van der Waals surface area contributed by atoms with Crippen LogP contribution in [0.5, 0.6) is 0 Å². The molecule has 0 unspecified atom stereocenters. The van der Waals surface area contributed by atoms with E-state index in [0.29, 0.717) is 22.7 Å². The van der Waals surface area contributed by atoms with Gasteiger partial charge < -0.3 is 10.6 Å². The average molecular weight is 337 g/mol. The second-order valence-corrected chi connectivity index (χ2v) is 5.96. The van der Waals surface area contributed by atoms with E-state index in [1.807, 2.05) is 35.7 Å². The zero-order chi connectivity index (χ0) is 16.8. The minimum Gasteiger partial charge on any atom is -0.348 e.